The van der Waals surface area contributed by atoms with E-state index in [9.17, 15) is 8.78 Å². The van der Waals surface area contributed by atoms with Gasteiger partial charge in [-0.05, 0) is 48.5 Å². The van der Waals surface area contributed by atoms with Crippen LogP contribution in [0.4, 0.5) is 8.78 Å². The average molecular weight is 358 g/mol. The van der Waals surface area contributed by atoms with E-state index in [-0.39, 0.29) is 5.56 Å². The Morgan fingerprint density at radius 3 is 2.52 bits per heavy atom. The van der Waals surface area contributed by atoms with Gasteiger partial charge in [0.1, 0.15) is 11.6 Å². The lowest BCUT2D eigenvalue weighted by Crippen LogP contribution is -2.23. The van der Waals surface area contributed by atoms with Gasteiger partial charge < -0.3 is 5.32 Å². The lowest BCUT2D eigenvalue weighted by Gasteiger charge is -2.19. The van der Waals surface area contributed by atoms with Crippen molar-refractivity contribution in [1.29, 1.82) is 0 Å². The largest absolute Gasteiger partial charge is 0.312 e. The molecule has 114 valence electrons. The Morgan fingerprint density at radius 2 is 2.00 bits per heavy atom. The first-order chi connectivity index (χ1) is 9.86. The van der Waals surface area contributed by atoms with E-state index in [0.29, 0.717) is 12.0 Å². The van der Waals surface area contributed by atoms with Crippen molar-refractivity contribution in [2.75, 3.05) is 7.05 Å². The second-order valence-electron chi connectivity index (χ2n) is 5.11. The summed E-state index contributed by atoms with van der Waals surface area (Å²) in [5.74, 6) is -1.03. The van der Waals surface area contributed by atoms with E-state index in [1.165, 1.54) is 12.1 Å². The molecule has 1 unspecified atom stereocenters. The predicted octanol–water partition coefficient (Wildman–Crippen LogP) is 3.58. The molecule has 0 aliphatic heterocycles. The van der Waals surface area contributed by atoms with E-state index in [2.05, 4.69) is 26.3 Å². The fraction of sp³-hybridized carbons (Fsp3) is 0.400. The number of hydrogen-bond acceptors (Lipinski definition) is 2. The number of benzene rings is 1. The monoisotopic (exact) mass is 357 g/mol. The molecule has 0 bridgehead atoms. The van der Waals surface area contributed by atoms with Gasteiger partial charge in [0.05, 0.1) is 15.9 Å². The maximum absolute atomic E-state index is 14.3. The highest BCUT2D eigenvalue weighted by molar-refractivity contribution is 9.10. The quantitative estimate of drug-likeness (QED) is 0.906. The van der Waals surface area contributed by atoms with Crippen LogP contribution in [-0.4, -0.2) is 16.8 Å². The summed E-state index contributed by atoms with van der Waals surface area (Å²) >= 11 is 3.48. The molecule has 2 aromatic rings. The van der Waals surface area contributed by atoms with Gasteiger partial charge in [0, 0.05) is 25.1 Å². The molecule has 0 saturated carbocycles. The topological polar surface area (TPSA) is 29.9 Å². The summed E-state index contributed by atoms with van der Waals surface area (Å²) in [5, 5.41) is 7.31. The molecule has 0 amide bonds. The predicted molar refractivity (Wildman–Crippen MR) is 82.2 cm³/mol. The Bertz CT molecular complexity index is 667. The van der Waals surface area contributed by atoms with Gasteiger partial charge in [0.2, 0.25) is 0 Å². The van der Waals surface area contributed by atoms with Crippen molar-refractivity contribution in [1.82, 2.24) is 15.1 Å². The second kappa shape index (κ2) is 6.23. The van der Waals surface area contributed by atoms with Crippen molar-refractivity contribution in [3.05, 3.63) is 50.8 Å². The van der Waals surface area contributed by atoms with Crippen LogP contribution in [0.15, 0.2) is 16.6 Å². The third kappa shape index (κ3) is 3.01. The Kier molecular flexibility index (Phi) is 4.78. The lowest BCUT2D eigenvalue weighted by molar-refractivity contribution is 0.477. The summed E-state index contributed by atoms with van der Waals surface area (Å²) in [5.41, 5.74) is 2.26. The summed E-state index contributed by atoms with van der Waals surface area (Å²) in [6.45, 7) is 3.52. The van der Waals surface area contributed by atoms with Gasteiger partial charge in [-0.1, -0.05) is 6.07 Å². The van der Waals surface area contributed by atoms with Crippen LogP contribution in [0.25, 0.3) is 0 Å². The Morgan fingerprint density at radius 1 is 1.33 bits per heavy atom. The molecular formula is C15H18BrF2N3. The zero-order valence-electron chi connectivity index (χ0n) is 12.5. The second-order valence-corrected chi connectivity index (χ2v) is 5.90. The Balaban J connectivity index is 2.44. The van der Waals surface area contributed by atoms with Gasteiger partial charge in [-0.25, -0.2) is 8.78 Å². The fourth-order valence-electron chi connectivity index (χ4n) is 2.44. The first kappa shape index (κ1) is 16.1. The molecule has 1 heterocycles. The lowest BCUT2D eigenvalue weighted by atomic mass is 9.98. The van der Waals surface area contributed by atoms with Crippen LogP contribution in [0.2, 0.25) is 0 Å². The highest BCUT2D eigenvalue weighted by atomic mass is 79.9. The molecule has 0 aliphatic carbocycles. The minimum absolute atomic E-state index is 0.0725. The molecule has 2 rings (SSSR count). The minimum atomic E-state index is -0.535. The van der Waals surface area contributed by atoms with Crippen LogP contribution >= 0.6 is 15.9 Å². The highest BCUT2D eigenvalue weighted by Gasteiger charge is 2.23. The number of hydrogen-bond donors (Lipinski definition) is 1. The highest BCUT2D eigenvalue weighted by Crippen LogP contribution is 2.29. The molecule has 0 fully saturated rings. The summed E-state index contributed by atoms with van der Waals surface area (Å²) in [6.07, 6.45) is 0.436. The number of halogens is 3. The Hall–Kier alpha value is -1.27. The van der Waals surface area contributed by atoms with Crippen molar-refractivity contribution in [2.45, 2.75) is 26.3 Å². The van der Waals surface area contributed by atoms with E-state index >= 15 is 0 Å². The molecule has 1 aromatic heterocycles. The van der Waals surface area contributed by atoms with Gasteiger partial charge in [-0.3, -0.25) is 4.68 Å². The number of nitrogens with one attached hydrogen (secondary N) is 1. The summed E-state index contributed by atoms with van der Waals surface area (Å²) in [7, 11) is 3.52. The van der Waals surface area contributed by atoms with Crippen molar-refractivity contribution >= 4 is 15.9 Å². The van der Waals surface area contributed by atoms with Gasteiger partial charge in [0.25, 0.3) is 0 Å². The van der Waals surface area contributed by atoms with Crippen LogP contribution in [0.5, 0.6) is 0 Å². The summed E-state index contributed by atoms with van der Waals surface area (Å²) in [4.78, 5) is 0. The van der Waals surface area contributed by atoms with Crippen LogP contribution < -0.4 is 5.32 Å². The number of likely N-dealkylation sites (N-methyl/N-ethyl adjacent to an activating group) is 1. The standard InChI is InChI=1S/C15H18BrF2N3/c1-8-5-6-10(17)13(15(8)18)11(19-3)7-12-14(16)9(2)20-21(12)4/h5-6,11,19H,7H2,1-4H3. The molecule has 21 heavy (non-hydrogen) atoms. The van der Waals surface area contributed by atoms with Crippen LogP contribution in [-0.2, 0) is 13.5 Å². The third-order valence-corrected chi connectivity index (χ3v) is 4.71. The van der Waals surface area contributed by atoms with Crippen molar-refractivity contribution in [2.24, 2.45) is 7.05 Å². The average Bonchev–Trinajstić information content (AvgIpc) is 2.68. The van der Waals surface area contributed by atoms with E-state index in [1.807, 2.05) is 14.0 Å². The first-order valence-corrected chi connectivity index (χ1v) is 7.45. The van der Waals surface area contributed by atoms with Crippen LogP contribution in [0.3, 0.4) is 0 Å². The van der Waals surface area contributed by atoms with E-state index in [0.717, 1.165) is 15.9 Å². The Labute approximate surface area is 131 Å². The van der Waals surface area contributed by atoms with Gasteiger partial charge in [0.15, 0.2) is 0 Å². The number of aromatic nitrogens is 2. The summed E-state index contributed by atoms with van der Waals surface area (Å²) in [6, 6.07) is 2.29. The molecule has 3 nitrogen and oxygen atoms in total. The van der Waals surface area contributed by atoms with E-state index < -0.39 is 17.7 Å². The normalized spacial score (nSPS) is 12.7. The molecular weight excluding hydrogens is 340 g/mol. The van der Waals surface area contributed by atoms with Crippen molar-refractivity contribution < 1.29 is 8.78 Å². The number of nitrogens with zero attached hydrogens (tertiary/aromatic N) is 2. The van der Waals surface area contributed by atoms with Gasteiger partial charge in [-0.2, -0.15) is 5.10 Å². The van der Waals surface area contributed by atoms with Gasteiger partial charge in [-0.15, -0.1) is 0 Å². The number of rotatable bonds is 4. The number of aryl methyl sites for hydroxylation is 3. The van der Waals surface area contributed by atoms with Crippen molar-refractivity contribution in [3.63, 3.8) is 0 Å². The van der Waals surface area contributed by atoms with Crippen LogP contribution in [0, 0.1) is 25.5 Å². The zero-order chi connectivity index (χ0) is 15.7. The fourth-order valence-corrected chi connectivity index (χ4v) is 2.94. The zero-order valence-corrected chi connectivity index (χ0v) is 14.1. The first-order valence-electron chi connectivity index (χ1n) is 6.66. The molecule has 0 spiro atoms. The molecule has 0 aliphatic rings. The smallest absolute Gasteiger partial charge is 0.133 e. The maximum atomic E-state index is 14.3. The molecule has 1 N–H and O–H groups in total. The molecule has 0 radical (unpaired) electrons. The molecule has 0 saturated heterocycles. The summed E-state index contributed by atoms with van der Waals surface area (Å²) < 4.78 is 31.0. The van der Waals surface area contributed by atoms with Crippen LogP contribution in [0.1, 0.15) is 28.6 Å². The van der Waals surface area contributed by atoms with E-state index in [1.54, 1.807) is 18.7 Å². The molecule has 1 atom stereocenters. The maximum Gasteiger partial charge on any atom is 0.133 e. The van der Waals surface area contributed by atoms with Crippen molar-refractivity contribution in [3.8, 4) is 0 Å². The van der Waals surface area contributed by atoms with Gasteiger partial charge >= 0.3 is 0 Å². The minimum Gasteiger partial charge on any atom is -0.312 e. The molecule has 1 aromatic carbocycles. The van der Waals surface area contributed by atoms with E-state index in [4.69, 9.17) is 0 Å². The molecule has 6 heteroatoms. The third-order valence-electron chi connectivity index (χ3n) is 3.68. The SMILES string of the molecule is CNC(Cc1c(Br)c(C)nn1C)c1c(F)ccc(C)c1F.